The Morgan fingerprint density at radius 3 is 2.78 bits per heavy atom. The zero-order valence-electron chi connectivity index (χ0n) is 11.5. The highest BCUT2D eigenvalue weighted by Gasteiger charge is 2.29. The van der Waals surface area contributed by atoms with Crippen LogP contribution in [0.2, 0.25) is 0 Å². The number of hydrogen-bond donors (Lipinski definition) is 1. The van der Waals surface area contributed by atoms with Crippen LogP contribution in [-0.2, 0) is 9.59 Å². The molecule has 0 aromatic carbocycles. The second-order valence-electron chi connectivity index (χ2n) is 5.00. The van der Waals surface area contributed by atoms with E-state index in [1.54, 1.807) is 11.8 Å². The first-order chi connectivity index (χ1) is 8.54. The van der Waals surface area contributed by atoms with Gasteiger partial charge in [0.2, 0.25) is 11.8 Å². The van der Waals surface area contributed by atoms with Gasteiger partial charge in [0.05, 0.1) is 0 Å². The minimum Gasteiger partial charge on any atom is -0.344 e. The molecule has 0 bridgehead atoms. The van der Waals surface area contributed by atoms with Gasteiger partial charge in [-0.15, -0.1) is 11.8 Å². The summed E-state index contributed by atoms with van der Waals surface area (Å²) in [5.74, 6) is 6.16. The number of nitrogens with one attached hydrogen (secondary N) is 1. The lowest BCUT2D eigenvalue weighted by Crippen LogP contribution is -2.45. The van der Waals surface area contributed by atoms with Crippen LogP contribution in [0.25, 0.3) is 0 Å². The van der Waals surface area contributed by atoms with Crippen molar-refractivity contribution in [1.82, 2.24) is 10.2 Å². The molecule has 1 N–H and O–H groups in total. The smallest absolute Gasteiger partial charge is 0.245 e. The molecule has 1 unspecified atom stereocenters. The third-order valence-corrected chi connectivity index (χ3v) is 2.94. The zero-order valence-corrected chi connectivity index (χ0v) is 11.5. The molecule has 18 heavy (non-hydrogen) atoms. The lowest BCUT2D eigenvalue weighted by Gasteiger charge is -2.24. The maximum absolute atomic E-state index is 12.3. The van der Waals surface area contributed by atoms with Crippen LogP contribution in [0.4, 0.5) is 0 Å². The third-order valence-electron chi connectivity index (χ3n) is 2.94. The van der Waals surface area contributed by atoms with Crippen molar-refractivity contribution in [2.24, 2.45) is 5.92 Å². The summed E-state index contributed by atoms with van der Waals surface area (Å²) in [4.78, 5) is 25.6. The fourth-order valence-electron chi connectivity index (χ4n) is 2.06. The molecule has 4 nitrogen and oxygen atoms in total. The van der Waals surface area contributed by atoms with Crippen molar-refractivity contribution in [1.29, 1.82) is 0 Å². The Balaban J connectivity index is 2.68. The van der Waals surface area contributed by atoms with E-state index in [9.17, 15) is 9.59 Å². The molecule has 1 aliphatic heterocycles. The lowest BCUT2D eigenvalue weighted by molar-refractivity contribution is -0.133. The van der Waals surface area contributed by atoms with E-state index in [1.165, 1.54) is 0 Å². The van der Waals surface area contributed by atoms with Gasteiger partial charge in [-0.3, -0.25) is 9.59 Å². The minimum atomic E-state index is -0.366. The maximum atomic E-state index is 12.3. The van der Waals surface area contributed by atoms with Gasteiger partial charge in [-0.2, -0.15) is 0 Å². The summed E-state index contributed by atoms with van der Waals surface area (Å²) in [7, 11) is 0. The molecule has 1 saturated heterocycles. The van der Waals surface area contributed by atoms with Gasteiger partial charge in [-0.25, -0.2) is 0 Å². The summed E-state index contributed by atoms with van der Waals surface area (Å²) in [6.07, 6.45) is 1.76. The summed E-state index contributed by atoms with van der Waals surface area (Å²) in [6.45, 7) is 7.01. The fourth-order valence-corrected chi connectivity index (χ4v) is 2.06. The number of rotatable bonds is 4. The van der Waals surface area contributed by atoms with Gasteiger partial charge in [-0.05, 0) is 19.3 Å². The molecule has 100 valence electrons. The van der Waals surface area contributed by atoms with E-state index < -0.39 is 0 Å². The van der Waals surface area contributed by atoms with E-state index in [0.717, 1.165) is 0 Å². The molecule has 0 spiro atoms. The van der Waals surface area contributed by atoms with E-state index >= 15 is 0 Å². The van der Waals surface area contributed by atoms with Crippen LogP contribution in [0.1, 0.15) is 40.0 Å². The summed E-state index contributed by atoms with van der Waals surface area (Å²) in [6, 6.07) is -0.366. The molecule has 4 heteroatoms. The number of carbonyl (C=O) groups excluding carboxylic acids is 2. The Bertz CT molecular complexity index is 366. The van der Waals surface area contributed by atoms with E-state index in [2.05, 4.69) is 31.0 Å². The molecular weight excluding hydrogens is 228 g/mol. The lowest BCUT2D eigenvalue weighted by atomic mass is 10.0. The van der Waals surface area contributed by atoms with E-state index in [-0.39, 0.29) is 17.9 Å². The Morgan fingerprint density at radius 1 is 1.44 bits per heavy atom. The molecule has 1 heterocycles. The van der Waals surface area contributed by atoms with Crippen LogP contribution in [-0.4, -0.2) is 35.8 Å². The monoisotopic (exact) mass is 250 g/mol. The van der Waals surface area contributed by atoms with Gasteiger partial charge < -0.3 is 10.2 Å². The average molecular weight is 250 g/mol. The van der Waals surface area contributed by atoms with Gasteiger partial charge in [0.15, 0.2) is 0 Å². The highest BCUT2D eigenvalue weighted by molar-refractivity contribution is 5.89. The van der Waals surface area contributed by atoms with Crippen molar-refractivity contribution in [3.05, 3.63) is 0 Å². The van der Waals surface area contributed by atoms with Crippen molar-refractivity contribution in [2.45, 2.75) is 46.1 Å². The standard InChI is InChI=1S/C14H22N2O2/c1-4-5-6-8-16-9-7-13(17)15-12(14(16)18)10-11(2)3/h11-12H,6-10H2,1-3H3,(H,15,17). The Kier molecular flexibility index (Phi) is 5.70. The number of nitrogens with zero attached hydrogens (tertiary/aromatic N) is 1. The molecule has 0 radical (unpaired) electrons. The first-order valence-electron chi connectivity index (χ1n) is 6.52. The topological polar surface area (TPSA) is 49.4 Å². The molecule has 1 atom stereocenters. The fraction of sp³-hybridized carbons (Fsp3) is 0.714. The molecule has 0 saturated carbocycles. The molecule has 1 aliphatic rings. The zero-order chi connectivity index (χ0) is 13.5. The summed E-state index contributed by atoms with van der Waals surface area (Å²) < 4.78 is 0. The average Bonchev–Trinajstić information content (AvgIpc) is 2.42. The van der Waals surface area contributed by atoms with Crippen molar-refractivity contribution in [3.8, 4) is 11.8 Å². The summed E-state index contributed by atoms with van der Waals surface area (Å²) in [5, 5.41) is 2.81. The summed E-state index contributed by atoms with van der Waals surface area (Å²) >= 11 is 0. The van der Waals surface area contributed by atoms with Crippen LogP contribution in [0.5, 0.6) is 0 Å². The van der Waals surface area contributed by atoms with Gasteiger partial charge in [0.1, 0.15) is 6.04 Å². The predicted molar refractivity (Wildman–Crippen MR) is 70.6 cm³/mol. The molecule has 2 amide bonds. The SMILES string of the molecule is CC#CCCN1CCC(=O)NC(CC(C)C)C1=O. The second kappa shape index (κ2) is 7.05. The normalized spacial score (nSPS) is 20.2. The first-order valence-corrected chi connectivity index (χ1v) is 6.52. The highest BCUT2D eigenvalue weighted by atomic mass is 16.2. The molecule has 0 aromatic heterocycles. The van der Waals surface area contributed by atoms with Crippen LogP contribution in [0.3, 0.4) is 0 Å². The van der Waals surface area contributed by atoms with Crippen LogP contribution in [0, 0.1) is 17.8 Å². The third kappa shape index (κ3) is 4.40. The maximum Gasteiger partial charge on any atom is 0.245 e. The Labute approximate surface area is 109 Å². The van der Waals surface area contributed by atoms with Crippen molar-refractivity contribution in [3.63, 3.8) is 0 Å². The first kappa shape index (κ1) is 14.6. The Morgan fingerprint density at radius 2 is 2.17 bits per heavy atom. The molecule has 0 aromatic rings. The van der Waals surface area contributed by atoms with Crippen LogP contribution in [0.15, 0.2) is 0 Å². The predicted octanol–water partition coefficient (Wildman–Crippen LogP) is 1.16. The molecule has 1 fully saturated rings. The second-order valence-corrected chi connectivity index (χ2v) is 5.00. The van der Waals surface area contributed by atoms with Gasteiger partial charge >= 0.3 is 0 Å². The van der Waals surface area contributed by atoms with Crippen molar-refractivity contribution >= 4 is 11.8 Å². The van der Waals surface area contributed by atoms with Gasteiger partial charge in [0, 0.05) is 25.9 Å². The van der Waals surface area contributed by atoms with E-state index in [0.29, 0.717) is 38.3 Å². The summed E-state index contributed by atoms with van der Waals surface area (Å²) in [5.41, 5.74) is 0. The number of hydrogen-bond acceptors (Lipinski definition) is 2. The molecule has 0 aliphatic carbocycles. The van der Waals surface area contributed by atoms with Crippen LogP contribution < -0.4 is 5.32 Å². The quantitative estimate of drug-likeness (QED) is 0.761. The largest absolute Gasteiger partial charge is 0.344 e. The van der Waals surface area contributed by atoms with Crippen molar-refractivity contribution in [2.75, 3.05) is 13.1 Å². The van der Waals surface area contributed by atoms with Crippen LogP contribution >= 0.6 is 0 Å². The van der Waals surface area contributed by atoms with E-state index in [1.807, 2.05) is 0 Å². The highest BCUT2D eigenvalue weighted by Crippen LogP contribution is 2.12. The van der Waals surface area contributed by atoms with Gasteiger partial charge in [0.25, 0.3) is 0 Å². The number of carbonyl (C=O) groups is 2. The minimum absolute atomic E-state index is 0.0296. The number of amides is 2. The van der Waals surface area contributed by atoms with E-state index in [4.69, 9.17) is 0 Å². The molecule has 1 rings (SSSR count). The van der Waals surface area contributed by atoms with Crippen molar-refractivity contribution < 1.29 is 9.59 Å². The molecular formula is C14H22N2O2. The van der Waals surface area contributed by atoms with Gasteiger partial charge in [-0.1, -0.05) is 13.8 Å². The Hall–Kier alpha value is -1.50.